The van der Waals surface area contributed by atoms with Crippen molar-refractivity contribution in [3.8, 4) is 0 Å². The number of imidazole rings is 1. The number of nitrogens with zero attached hydrogens (tertiary/aromatic N) is 1. The topological polar surface area (TPSA) is 47.1 Å². The van der Waals surface area contributed by atoms with E-state index in [0.717, 1.165) is 28.2 Å². The Balaban J connectivity index is 1.59. The fourth-order valence-corrected chi connectivity index (χ4v) is 4.06. The summed E-state index contributed by atoms with van der Waals surface area (Å²) in [4.78, 5) is 8.42. The van der Waals surface area contributed by atoms with Gasteiger partial charge in [-0.2, -0.15) is 0 Å². The van der Waals surface area contributed by atoms with E-state index in [4.69, 9.17) is 14.3 Å². The Bertz CT molecular complexity index is 767. The van der Waals surface area contributed by atoms with Crippen molar-refractivity contribution >= 4 is 23.6 Å². The number of hydrogen-bond donors (Lipinski definition) is 1. The summed E-state index contributed by atoms with van der Waals surface area (Å²) in [6, 6.07) is 6.31. The predicted octanol–water partition coefficient (Wildman–Crippen LogP) is 4.16. The summed E-state index contributed by atoms with van der Waals surface area (Å²) >= 11 is 0. The van der Waals surface area contributed by atoms with Crippen LogP contribution in [0.4, 0.5) is 0 Å². The first-order valence-corrected chi connectivity index (χ1v) is 9.64. The molecule has 1 aromatic heterocycles. The van der Waals surface area contributed by atoms with Gasteiger partial charge in [0.05, 0.1) is 22.2 Å². The SMILES string of the molecule is CC[C@H]1CCC(c2nc3ccc(B4OC(C)(C)C(C)(C)O4)cc3[nH]2)C1. The quantitative estimate of drug-likeness (QED) is 0.854. The molecule has 2 atom stereocenters. The molecule has 1 aromatic carbocycles. The fourth-order valence-electron chi connectivity index (χ4n) is 4.06. The molecule has 0 spiro atoms. The maximum atomic E-state index is 6.18. The van der Waals surface area contributed by atoms with Gasteiger partial charge >= 0.3 is 7.12 Å². The Morgan fingerprint density at radius 3 is 2.52 bits per heavy atom. The molecule has 1 saturated carbocycles. The van der Waals surface area contributed by atoms with Crippen molar-refractivity contribution in [1.82, 2.24) is 9.97 Å². The van der Waals surface area contributed by atoms with Gasteiger partial charge in [-0.15, -0.1) is 0 Å². The van der Waals surface area contributed by atoms with Gasteiger partial charge in [0.1, 0.15) is 5.82 Å². The standard InChI is InChI=1S/C20H29BN2O2/c1-6-13-7-8-14(11-13)18-22-16-10-9-15(12-17(16)23-18)21-24-19(2,3)20(4,5)25-21/h9-10,12-14H,6-8,11H2,1-5H3,(H,22,23)/t13-,14?/m0/s1. The summed E-state index contributed by atoms with van der Waals surface area (Å²) in [6.07, 6.45) is 5.13. The summed E-state index contributed by atoms with van der Waals surface area (Å²) in [5.41, 5.74) is 2.55. The number of benzene rings is 1. The van der Waals surface area contributed by atoms with Crippen molar-refractivity contribution < 1.29 is 9.31 Å². The highest BCUT2D eigenvalue weighted by Crippen LogP contribution is 2.39. The van der Waals surface area contributed by atoms with Crippen molar-refractivity contribution in [2.45, 2.75) is 77.4 Å². The molecule has 1 aliphatic carbocycles. The molecule has 0 bridgehead atoms. The molecule has 0 radical (unpaired) electrons. The predicted molar refractivity (Wildman–Crippen MR) is 102 cm³/mol. The molecule has 1 N–H and O–H groups in total. The summed E-state index contributed by atoms with van der Waals surface area (Å²) in [7, 11) is -0.322. The molecular weight excluding hydrogens is 311 g/mol. The zero-order valence-corrected chi connectivity index (χ0v) is 16.1. The van der Waals surface area contributed by atoms with Gasteiger partial charge in [-0.25, -0.2) is 4.98 Å². The second-order valence-electron chi connectivity index (χ2n) is 8.77. The minimum atomic E-state index is -0.322. The van der Waals surface area contributed by atoms with Crippen molar-refractivity contribution in [3.63, 3.8) is 0 Å². The lowest BCUT2D eigenvalue weighted by atomic mass is 9.79. The number of nitrogens with one attached hydrogen (secondary N) is 1. The van der Waals surface area contributed by atoms with Crippen LogP contribution in [0.1, 0.15) is 72.0 Å². The third-order valence-electron chi connectivity index (χ3n) is 6.55. The van der Waals surface area contributed by atoms with Crippen LogP contribution >= 0.6 is 0 Å². The van der Waals surface area contributed by atoms with Gasteiger partial charge in [0, 0.05) is 5.92 Å². The Kier molecular flexibility index (Phi) is 4.00. The average molecular weight is 340 g/mol. The molecule has 25 heavy (non-hydrogen) atoms. The second-order valence-corrected chi connectivity index (χ2v) is 8.77. The van der Waals surface area contributed by atoms with Gasteiger partial charge < -0.3 is 14.3 Å². The highest BCUT2D eigenvalue weighted by atomic mass is 16.7. The molecule has 2 aromatic rings. The number of aromatic amines is 1. The largest absolute Gasteiger partial charge is 0.494 e. The van der Waals surface area contributed by atoms with Crippen LogP contribution in [-0.2, 0) is 9.31 Å². The Labute approximate surface area is 150 Å². The van der Waals surface area contributed by atoms with E-state index in [-0.39, 0.29) is 18.3 Å². The lowest BCUT2D eigenvalue weighted by Crippen LogP contribution is -2.41. The van der Waals surface area contributed by atoms with E-state index in [1.165, 1.54) is 25.7 Å². The van der Waals surface area contributed by atoms with E-state index in [9.17, 15) is 0 Å². The van der Waals surface area contributed by atoms with Crippen molar-refractivity contribution in [1.29, 1.82) is 0 Å². The van der Waals surface area contributed by atoms with Crippen molar-refractivity contribution in [2.75, 3.05) is 0 Å². The molecule has 2 aliphatic rings. The van der Waals surface area contributed by atoms with Gasteiger partial charge in [0.15, 0.2) is 0 Å². The van der Waals surface area contributed by atoms with Gasteiger partial charge in [0.2, 0.25) is 0 Å². The number of fused-ring (bicyclic) bond motifs is 1. The van der Waals surface area contributed by atoms with E-state index < -0.39 is 0 Å². The molecule has 4 nitrogen and oxygen atoms in total. The maximum absolute atomic E-state index is 6.18. The highest BCUT2D eigenvalue weighted by molar-refractivity contribution is 6.62. The van der Waals surface area contributed by atoms with Crippen molar-refractivity contribution in [2.24, 2.45) is 5.92 Å². The van der Waals surface area contributed by atoms with Crippen LogP contribution in [0.2, 0.25) is 0 Å². The van der Waals surface area contributed by atoms with Gasteiger partial charge in [-0.05, 0) is 70.5 Å². The number of aromatic nitrogens is 2. The van der Waals surface area contributed by atoms with Crippen molar-refractivity contribution in [3.05, 3.63) is 24.0 Å². The summed E-state index contributed by atoms with van der Waals surface area (Å²) < 4.78 is 12.4. The second kappa shape index (κ2) is 5.85. The molecule has 2 heterocycles. The lowest BCUT2D eigenvalue weighted by molar-refractivity contribution is 0.00578. The average Bonchev–Trinajstić information content (AvgIpc) is 3.23. The van der Waals surface area contributed by atoms with E-state index in [1.807, 2.05) is 0 Å². The fraction of sp³-hybridized carbons (Fsp3) is 0.650. The molecule has 1 unspecified atom stereocenters. The third kappa shape index (κ3) is 2.91. The van der Waals surface area contributed by atoms with Crippen LogP contribution in [0.15, 0.2) is 18.2 Å². The van der Waals surface area contributed by atoms with E-state index in [0.29, 0.717) is 5.92 Å². The van der Waals surface area contributed by atoms with Crippen LogP contribution in [0, 0.1) is 5.92 Å². The molecule has 0 amide bonds. The number of hydrogen-bond acceptors (Lipinski definition) is 3. The van der Waals surface area contributed by atoms with Gasteiger partial charge in [-0.1, -0.05) is 19.4 Å². The van der Waals surface area contributed by atoms with Gasteiger partial charge in [0.25, 0.3) is 0 Å². The molecule has 1 saturated heterocycles. The minimum absolute atomic E-state index is 0.315. The van der Waals surface area contributed by atoms with Crippen LogP contribution in [0.25, 0.3) is 11.0 Å². The lowest BCUT2D eigenvalue weighted by Gasteiger charge is -2.32. The van der Waals surface area contributed by atoms with Gasteiger partial charge in [-0.3, -0.25) is 0 Å². The monoisotopic (exact) mass is 340 g/mol. The molecule has 1 aliphatic heterocycles. The first-order chi connectivity index (χ1) is 11.8. The number of rotatable bonds is 3. The molecule has 2 fully saturated rings. The van der Waals surface area contributed by atoms with Crippen LogP contribution < -0.4 is 5.46 Å². The van der Waals surface area contributed by atoms with E-state index >= 15 is 0 Å². The Hall–Kier alpha value is -1.33. The van der Waals surface area contributed by atoms with Crippen LogP contribution in [0.5, 0.6) is 0 Å². The number of H-pyrrole nitrogens is 1. The highest BCUT2D eigenvalue weighted by Gasteiger charge is 2.51. The summed E-state index contributed by atoms with van der Waals surface area (Å²) in [6.45, 7) is 10.6. The first kappa shape index (κ1) is 17.1. The molecule has 134 valence electrons. The van der Waals surface area contributed by atoms with E-state index in [2.05, 4.69) is 57.8 Å². The van der Waals surface area contributed by atoms with E-state index in [1.54, 1.807) is 0 Å². The first-order valence-electron chi connectivity index (χ1n) is 9.64. The summed E-state index contributed by atoms with van der Waals surface area (Å²) in [5, 5.41) is 0. The van der Waals surface area contributed by atoms with Crippen LogP contribution in [0.3, 0.4) is 0 Å². The summed E-state index contributed by atoms with van der Waals surface area (Å²) in [5.74, 6) is 2.59. The normalized spacial score (nSPS) is 28.1. The maximum Gasteiger partial charge on any atom is 0.494 e. The molecule has 5 heteroatoms. The molecular formula is C20H29BN2O2. The Morgan fingerprint density at radius 1 is 1.16 bits per heavy atom. The third-order valence-corrected chi connectivity index (χ3v) is 6.55. The van der Waals surface area contributed by atoms with Crippen LogP contribution in [-0.4, -0.2) is 28.3 Å². The smallest absolute Gasteiger partial charge is 0.399 e. The zero-order valence-electron chi connectivity index (χ0n) is 16.1. The minimum Gasteiger partial charge on any atom is -0.399 e. The molecule has 4 rings (SSSR count). The zero-order chi connectivity index (χ0) is 17.8. The Morgan fingerprint density at radius 2 is 1.88 bits per heavy atom.